The summed E-state index contributed by atoms with van der Waals surface area (Å²) in [5, 5.41) is 8.06. The first kappa shape index (κ1) is 17.9. The minimum atomic E-state index is -0.361. The van der Waals surface area contributed by atoms with Gasteiger partial charge < -0.3 is 19.6 Å². The second kappa shape index (κ2) is 6.88. The van der Waals surface area contributed by atoms with Crippen LogP contribution in [0, 0.1) is 6.92 Å². The smallest absolute Gasteiger partial charge is 0.319 e. The van der Waals surface area contributed by atoms with Crippen molar-refractivity contribution in [1.29, 1.82) is 0 Å². The summed E-state index contributed by atoms with van der Waals surface area (Å²) in [5.41, 5.74) is 2.29. The number of benzene rings is 2. The summed E-state index contributed by atoms with van der Waals surface area (Å²) in [5.74, 6) is 0.725. The van der Waals surface area contributed by atoms with Gasteiger partial charge in [0.15, 0.2) is 0 Å². The molecule has 0 spiro atoms. The largest absolute Gasteiger partial charge is 0.459 e. The normalized spacial score (nSPS) is 12.2. The Balaban J connectivity index is 1.57. The number of fused-ring (bicyclic) bond motifs is 2. The molecular weight excluding hydrogens is 354 g/mol. The Labute approximate surface area is 161 Å². The summed E-state index contributed by atoms with van der Waals surface area (Å²) in [6.45, 7) is 3.86. The molecule has 142 valence electrons. The van der Waals surface area contributed by atoms with Gasteiger partial charge in [0, 0.05) is 35.0 Å². The molecule has 0 saturated heterocycles. The number of anilines is 1. The van der Waals surface area contributed by atoms with Gasteiger partial charge in [-0.05, 0) is 38.1 Å². The zero-order valence-electron chi connectivity index (χ0n) is 15.9. The maximum Gasteiger partial charge on any atom is 0.319 e. The fourth-order valence-corrected chi connectivity index (χ4v) is 3.51. The van der Waals surface area contributed by atoms with Crippen molar-refractivity contribution in [2.75, 3.05) is 5.32 Å². The van der Waals surface area contributed by atoms with E-state index in [1.165, 1.54) is 4.57 Å². The molecule has 0 fully saturated rings. The molecule has 28 heavy (non-hydrogen) atoms. The Kier molecular flexibility index (Phi) is 4.39. The highest BCUT2D eigenvalue weighted by Crippen LogP contribution is 2.29. The summed E-state index contributed by atoms with van der Waals surface area (Å²) < 4.78 is 7.44. The summed E-state index contributed by atoms with van der Waals surface area (Å²) in [6.07, 6.45) is 1.69. The number of pyridine rings is 1. The molecule has 6 nitrogen and oxygen atoms in total. The molecule has 0 unspecified atom stereocenters. The van der Waals surface area contributed by atoms with E-state index in [9.17, 15) is 9.59 Å². The third-order valence-corrected chi connectivity index (χ3v) is 4.99. The Morgan fingerprint density at radius 1 is 1.04 bits per heavy atom. The van der Waals surface area contributed by atoms with Crippen molar-refractivity contribution >= 4 is 33.5 Å². The van der Waals surface area contributed by atoms with Crippen LogP contribution >= 0.6 is 0 Å². The van der Waals surface area contributed by atoms with Crippen molar-refractivity contribution < 1.29 is 9.21 Å². The van der Waals surface area contributed by atoms with Gasteiger partial charge in [-0.15, -0.1) is 0 Å². The first-order valence-corrected chi connectivity index (χ1v) is 9.09. The molecule has 4 aromatic rings. The highest BCUT2D eigenvalue weighted by Gasteiger charge is 2.18. The van der Waals surface area contributed by atoms with Crippen LogP contribution in [0.25, 0.3) is 21.7 Å². The van der Waals surface area contributed by atoms with Crippen LogP contribution in [0.3, 0.4) is 0 Å². The first-order chi connectivity index (χ1) is 13.5. The van der Waals surface area contributed by atoms with Crippen molar-refractivity contribution in [3.63, 3.8) is 0 Å². The van der Waals surface area contributed by atoms with Gasteiger partial charge in [-0.2, -0.15) is 0 Å². The van der Waals surface area contributed by atoms with Gasteiger partial charge in [-0.1, -0.05) is 24.3 Å². The third-order valence-electron chi connectivity index (χ3n) is 4.99. The van der Waals surface area contributed by atoms with Gasteiger partial charge >= 0.3 is 6.03 Å². The van der Waals surface area contributed by atoms with Crippen LogP contribution in [0.15, 0.2) is 63.9 Å². The van der Waals surface area contributed by atoms with Crippen LogP contribution in [-0.4, -0.2) is 10.6 Å². The predicted molar refractivity (Wildman–Crippen MR) is 111 cm³/mol. The lowest BCUT2D eigenvalue weighted by atomic mass is 10.1. The van der Waals surface area contributed by atoms with Crippen molar-refractivity contribution in [3.05, 3.63) is 76.4 Å². The number of aromatic nitrogens is 1. The van der Waals surface area contributed by atoms with Crippen molar-refractivity contribution in [3.8, 4) is 0 Å². The van der Waals surface area contributed by atoms with E-state index in [0.29, 0.717) is 16.5 Å². The van der Waals surface area contributed by atoms with Crippen molar-refractivity contribution in [2.45, 2.75) is 19.9 Å². The maximum absolute atomic E-state index is 12.6. The van der Waals surface area contributed by atoms with Crippen LogP contribution < -0.4 is 16.2 Å². The van der Waals surface area contributed by atoms with Gasteiger partial charge in [-0.3, -0.25) is 4.79 Å². The maximum atomic E-state index is 12.6. The number of rotatable bonds is 3. The number of carbonyl (C=O) groups is 1. The zero-order chi connectivity index (χ0) is 19.8. The van der Waals surface area contributed by atoms with E-state index in [0.717, 1.165) is 22.3 Å². The highest BCUT2D eigenvalue weighted by molar-refractivity contribution is 6.01. The molecule has 0 saturated carbocycles. The van der Waals surface area contributed by atoms with Gasteiger partial charge in [0.25, 0.3) is 5.56 Å². The van der Waals surface area contributed by atoms with Gasteiger partial charge in [-0.25, -0.2) is 4.79 Å². The second-order valence-electron chi connectivity index (χ2n) is 6.91. The standard InChI is InChI=1S/C22H21N3O3/c1-13-15-7-4-5-10-19(15)28-20(13)14(2)23-22(27)24-18-9-6-8-17-16(18)11-12-25(3)21(17)26/h4-12,14H,1-3H3,(H2,23,24,27)/t14-/m1/s1. The molecule has 0 aliphatic carbocycles. The molecule has 2 N–H and O–H groups in total. The number of carbonyl (C=O) groups excluding carboxylic acids is 1. The van der Waals surface area contributed by atoms with Crippen LogP contribution in [-0.2, 0) is 7.05 Å². The monoisotopic (exact) mass is 375 g/mol. The fraction of sp³-hybridized carbons (Fsp3) is 0.182. The highest BCUT2D eigenvalue weighted by atomic mass is 16.3. The number of urea groups is 1. The second-order valence-corrected chi connectivity index (χ2v) is 6.91. The Morgan fingerprint density at radius 3 is 2.57 bits per heavy atom. The van der Waals surface area contributed by atoms with E-state index in [4.69, 9.17) is 4.42 Å². The van der Waals surface area contributed by atoms with E-state index in [-0.39, 0.29) is 17.6 Å². The molecule has 0 radical (unpaired) electrons. The third kappa shape index (κ3) is 3.03. The first-order valence-electron chi connectivity index (χ1n) is 9.09. The number of para-hydroxylation sites is 1. The topological polar surface area (TPSA) is 76.3 Å². The van der Waals surface area contributed by atoms with Crippen LogP contribution in [0.4, 0.5) is 10.5 Å². The molecule has 2 heterocycles. The molecule has 6 heteroatoms. The molecule has 0 aliphatic rings. The minimum Gasteiger partial charge on any atom is -0.459 e. The summed E-state index contributed by atoms with van der Waals surface area (Å²) in [6, 6.07) is 14.2. The molecular formula is C22H21N3O3. The summed E-state index contributed by atoms with van der Waals surface area (Å²) in [7, 11) is 1.70. The molecule has 2 amide bonds. The van der Waals surface area contributed by atoms with E-state index >= 15 is 0 Å². The lowest BCUT2D eigenvalue weighted by Crippen LogP contribution is -2.31. The van der Waals surface area contributed by atoms with E-state index in [1.807, 2.05) is 44.2 Å². The molecule has 4 rings (SSSR count). The lowest BCUT2D eigenvalue weighted by molar-refractivity contribution is 0.248. The Morgan fingerprint density at radius 2 is 1.79 bits per heavy atom. The number of hydrogen-bond donors (Lipinski definition) is 2. The van der Waals surface area contributed by atoms with E-state index in [1.54, 1.807) is 31.4 Å². The van der Waals surface area contributed by atoms with E-state index in [2.05, 4.69) is 10.6 Å². The molecule has 2 aromatic heterocycles. The van der Waals surface area contributed by atoms with Crippen LogP contribution in [0.5, 0.6) is 0 Å². The number of nitrogens with one attached hydrogen (secondary N) is 2. The van der Waals surface area contributed by atoms with Gasteiger partial charge in [0.05, 0.1) is 11.7 Å². The summed E-state index contributed by atoms with van der Waals surface area (Å²) >= 11 is 0. The number of aryl methyl sites for hydroxylation is 2. The number of furan rings is 1. The van der Waals surface area contributed by atoms with Gasteiger partial charge in [0.1, 0.15) is 11.3 Å². The molecule has 0 bridgehead atoms. The van der Waals surface area contributed by atoms with Crippen molar-refractivity contribution in [2.24, 2.45) is 7.05 Å². The van der Waals surface area contributed by atoms with Crippen molar-refractivity contribution in [1.82, 2.24) is 9.88 Å². The molecule has 2 aromatic carbocycles. The van der Waals surface area contributed by atoms with E-state index < -0.39 is 0 Å². The van der Waals surface area contributed by atoms with Crippen LogP contribution in [0.2, 0.25) is 0 Å². The SMILES string of the molecule is Cc1c([C@@H](C)NC(=O)Nc2cccc3c(=O)n(C)ccc23)oc2ccccc12. The number of hydrogen-bond acceptors (Lipinski definition) is 3. The van der Waals surface area contributed by atoms with Gasteiger partial charge in [0.2, 0.25) is 0 Å². The summed E-state index contributed by atoms with van der Waals surface area (Å²) in [4.78, 5) is 24.8. The number of nitrogens with zero attached hydrogens (tertiary/aromatic N) is 1. The quantitative estimate of drug-likeness (QED) is 0.554. The molecule has 0 aliphatic heterocycles. The minimum absolute atomic E-state index is 0.104. The predicted octanol–water partition coefficient (Wildman–Crippen LogP) is 4.48. The Hall–Kier alpha value is -3.54. The average Bonchev–Trinajstić information content (AvgIpc) is 3.02. The Bertz CT molecular complexity index is 1250. The average molecular weight is 375 g/mol. The zero-order valence-corrected chi connectivity index (χ0v) is 15.9. The number of amides is 2. The van der Waals surface area contributed by atoms with Crippen LogP contribution in [0.1, 0.15) is 24.3 Å². The lowest BCUT2D eigenvalue weighted by Gasteiger charge is -2.15. The fourth-order valence-electron chi connectivity index (χ4n) is 3.51. The molecule has 1 atom stereocenters.